The van der Waals surface area contributed by atoms with Gasteiger partial charge in [-0.2, -0.15) is 0 Å². The Bertz CT molecular complexity index is 574. The van der Waals surface area contributed by atoms with Gasteiger partial charge in [0.15, 0.2) is 0 Å². The second kappa shape index (κ2) is 5.42. The molecule has 5 heteroatoms. The molecule has 4 nitrogen and oxygen atoms in total. The molecule has 0 aliphatic carbocycles. The van der Waals surface area contributed by atoms with Crippen LogP contribution in [-0.4, -0.2) is 22.6 Å². The highest BCUT2D eigenvalue weighted by atomic mass is 35.5. The molecule has 96 valence electrons. The number of benzene rings is 1. The molecule has 2 heterocycles. The average molecular weight is 267 g/mol. The van der Waals surface area contributed by atoms with Crippen LogP contribution in [0.25, 0.3) is 10.9 Å². The standard InChI is InChI=1S/C11H11ClN2.C2H4O2/c12-7-1-2-8-9-3-4-13-6-11(9)14-10(8)5-7;1-2(3)4/h1-2,5,13-14H,3-4,6H2;1H3,(H,3,4). The van der Waals surface area contributed by atoms with E-state index in [4.69, 9.17) is 21.5 Å². The van der Waals surface area contributed by atoms with Crippen molar-refractivity contribution in [3.8, 4) is 0 Å². The van der Waals surface area contributed by atoms with Crippen LogP contribution in [0.15, 0.2) is 18.2 Å². The van der Waals surface area contributed by atoms with Crippen molar-refractivity contribution in [2.75, 3.05) is 6.54 Å². The van der Waals surface area contributed by atoms with Crippen LogP contribution in [0, 0.1) is 0 Å². The summed E-state index contributed by atoms with van der Waals surface area (Å²) in [4.78, 5) is 12.4. The number of rotatable bonds is 0. The molecule has 0 saturated heterocycles. The van der Waals surface area contributed by atoms with Crippen LogP contribution in [0.5, 0.6) is 0 Å². The number of aliphatic carboxylic acids is 1. The zero-order chi connectivity index (χ0) is 13.1. The molecule has 0 spiro atoms. The minimum Gasteiger partial charge on any atom is -0.481 e. The first-order valence-corrected chi connectivity index (χ1v) is 6.15. The van der Waals surface area contributed by atoms with E-state index in [0.717, 1.165) is 37.0 Å². The number of hydrogen-bond acceptors (Lipinski definition) is 2. The fraction of sp³-hybridized carbons (Fsp3) is 0.308. The van der Waals surface area contributed by atoms with Gasteiger partial charge in [-0.15, -0.1) is 0 Å². The highest BCUT2D eigenvalue weighted by Crippen LogP contribution is 2.26. The van der Waals surface area contributed by atoms with E-state index in [2.05, 4.69) is 16.4 Å². The minimum atomic E-state index is -0.833. The molecule has 1 aromatic carbocycles. The molecule has 0 amide bonds. The number of aromatic amines is 1. The monoisotopic (exact) mass is 266 g/mol. The Morgan fingerprint density at radius 3 is 2.89 bits per heavy atom. The Kier molecular flexibility index (Phi) is 3.89. The number of halogens is 1. The largest absolute Gasteiger partial charge is 0.481 e. The Labute approximate surface area is 110 Å². The lowest BCUT2D eigenvalue weighted by molar-refractivity contribution is -0.134. The molecule has 0 radical (unpaired) electrons. The molecule has 3 N–H and O–H groups in total. The van der Waals surface area contributed by atoms with E-state index in [1.807, 2.05) is 12.1 Å². The van der Waals surface area contributed by atoms with Crippen molar-refractivity contribution in [1.82, 2.24) is 10.3 Å². The minimum absolute atomic E-state index is 0.795. The van der Waals surface area contributed by atoms with Gasteiger partial charge in [0, 0.05) is 35.1 Å². The van der Waals surface area contributed by atoms with Gasteiger partial charge >= 0.3 is 0 Å². The topological polar surface area (TPSA) is 65.1 Å². The van der Waals surface area contributed by atoms with Gasteiger partial charge in [-0.25, -0.2) is 0 Å². The number of H-pyrrole nitrogens is 1. The molecular weight excluding hydrogens is 252 g/mol. The van der Waals surface area contributed by atoms with Crippen molar-refractivity contribution in [3.63, 3.8) is 0 Å². The van der Waals surface area contributed by atoms with Crippen molar-refractivity contribution in [2.24, 2.45) is 0 Å². The quantitative estimate of drug-likeness (QED) is 0.687. The number of carboxylic acid groups (broad SMARTS) is 1. The zero-order valence-electron chi connectivity index (χ0n) is 10.1. The lowest BCUT2D eigenvalue weighted by atomic mass is 10.1. The molecule has 2 aromatic rings. The highest BCUT2D eigenvalue weighted by Gasteiger charge is 2.14. The van der Waals surface area contributed by atoms with Gasteiger partial charge in [0.1, 0.15) is 0 Å². The molecule has 0 saturated carbocycles. The predicted octanol–water partition coefficient (Wildman–Crippen LogP) is 2.56. The third-order valence-corrected chi connectivity index (χ3v) is 3.05. The van der Waals surface area contributed by atoms with Gasteiger partial charge < -0.3 is 15.4 Å². The van der Waals surface area contributed by atoms with Crippen molar-refractivity contribution >= 4 is 28.5 Å². The highest BCUT2D eigenvalue weighted by molar-refractivity contribution is 6.31. The lowest BCUT2D eigenvalue weighted by Gasteiger charge is -2.12. The summed E-state index contributed by atoms with van der Waals surface area (Å²) in [5.41, 5.74) is 3.93. The summed E-state index contributed by atoms with van der Waals surface area (Å²) >= 11 is 5.95. The van der Waals surface area contributed by atoms with Crippen molar-refractivity contribution in [1.29, 1.82) is 0 Å². The van der Waals surface area contributed by atoms with Crippen LogP contribution < -0.4 is 5.32 Å². The van der Waals surface area contributed by atoms with E-state index >= 15 is 0 Å². The molecule has 1 aliphatic rings. The molecule has 1 aliphatic heterocycles. The Morgan fingerprint density at radius 2 is 2.17 bits per heavy atom. The maximum Gasteiger partial charge on any atom is 0.300 e. The summed E-state index contributed by atoms with van der Waals surface area (Å²) in [5.74, 6) is -0.833. The van der Waals surface area contributed by atoms with Crippen LogP contribution in [0.4, 0.5) is 0 Å². The number of nitrogens with one attached hydrogen (secondary N) is 2. The molecule has 0 fully saturated rings. The van der Waals surface area contributed by atoms with Crippen LogP contribution in [0.1, 0.15) is 18.2 Å². The van der Waals surface area contributed by atoms with E-state index in [-0.39, 0.29) is 0 Å². The predicted molar refractivity (Wildman–Crippen MR) is 72.0 cm³/mol. The number of carboxylic acids is 1. The van der Waals surface area contributed by atoms with E-state index in [1.54, 1.807) is 0 Å². The second-order valence-electron chi connectivity index (χ2n) is 4.22. The molecular formula is C13H15ClN2O2. The number of hydrogen-bond donors (Lipinski definition) is 3. The summed E-state index contributed by atoms with van der Waals surface area (Å²) in [7, 11) is 0. The molecule has 0 atom stereocenters. The van der Waals surface area contributed by atoms with Gasteiger partial charge in [-0.3, -0.25) is 4.79 Å². The van der Waals surface area contributed by atoms with Crippen LogP contribution in [0.3, 0.4) is 0 Å². The Balaban J connectivity index is 0.000000267. The third kappa shape index (κ3) is 2.83. The van der Waals surface area contributed by atoms with Crippen LogP contribution in [0.2, 0.25) is 5.02 Å². The number of carbonyl (C=O) groups is 1. The van der Waals surface area contributed by atoms with Gasteiger partial charge in [0.25, 0.3) is 5.97 Å². The molecule has 0 unspecified atom stereocenters. The van der Waals surface area contributed by atoms with Crippen molar-refractivity contribution < 1.29 is 9.90 Å². The van der Waals surface area contributed by atoms with Crippen LogP contribution >= 0.6 is 11.6 Å². The first-order valence-electron chi connectivity index (χ1n) is 5.77. The Morgan fingerprint density at radius 1 is 1.44 bits per heavy atom. The van der Waals surface area contributed by atoms with E-state index < -0.39 is 5.97 Å². The summed E-state index contributed by atoms with van der Waals surface area (Å²) in [6.07, 6.45) is 1.11. The maximum absolute atomic E-state index is 9.00. The van der Waals surface area contributed by atoms with Crippen molar-refractivity contribution in [2.45, 2.75) is 19.9 Å². The zero-order valence-corrected chi connectivity index (χ0v) is 10.8. The van der Waals surface area contributed by atoms with Gasteiger partial charge in [-0.05, 0) is 30.7 Å². The second-order valence-corrected chi connectivity index (χ2v) is 4.65. The SMILES string of the molecule is CC(=O)O.Clc1ccc2c3c([nH]c2c1)CNCC3. The fourth-order valence-electron chi connectivity index (χ4n) is 2.15. The average Bonchev–Trinajstić information content (AvgIpc) is 2.65. The summed E-state index contributed by atoms with van der Waals surface area (Å²) in [6, 6.07) is 6.06. The Hall–Kier alpha value is -1.52. The first kappa shape index (κ1) is 12.9. The molecule has 0 bridgehead atoms. The maximum atomic E-state index is 9.00. The summed E-state index contributed by atoms with van der Waals surface area (Å²) in [6.45, 7) is 3.10. The molecule has 1 aromatic heterocycles. The van der Waals surface area contributed by atoms with Gasteiger partial charge in [0.2, 0.25) is 0 Å². The van der Waals surface area contributed by atoms with Crippen molar-refractivity contribution in [3.05, 3.63) is 34.5 Å². The number of fused-ring (bicyclic) bond motifs is 3. The lowest BCUT2D eigenvalue weighted by Crippen LogP contribution is -2.22. The summed E-state index contributed by atoms with van der Waals surface area (Å²) in [5, 5.41) is 12.9. The smallest absolute Gasteiger partial charge is 0.300 e. The van der Waals surface area contributed by atoms with E-state index in [1.165, 1.54) is 16.6 Å². The van der Waals surface area contributed by atoms with Crippen LogP contribution in [-0.2, 0) is 17.8 Å². The molecule has 3 rings (SSSR count). The van der Waals surface area contributed by atoms with E-state index in [0.29, 0.717) is 0 Å². The first-order chi connectivity index (χ1) is 8.58. The van der Waals surface area contributed by atoms with E-state index in [9.17, 15) is 0 Å². The van der Waals surface area contributed by atoms with Gasteiger partial charge in [0.05, 0.1) is 0 Å². The number of aromatic nitrogens is 1. The van der Waals surface area contributed by atoms with Gasteiger partial charge in [-0.1, -0.05) is 17.7 Å². The fourth-order valence-corrected chi connectivity index (χ4v) is 2.32. The third-order valence-electron chi connectivity index (χ3n) is 2.81. The molecule has 18 heavy (non-hydrogen) atoms. The normalized spacial score (nSPS) is 13.7. The summed E-state index contributed by atoms with van der Waals surface area (Å²) < 4.78 is 0.